The summed E-state index contributed by atoms with van der Waals surface area (Å²) in [6.45, 7) is 6.21. The average molecular weight is 741 g/mol. The number of anilines is 3. The van der Waals surface area contributed by atoms with E-state index in [1.807, 2.05) is 0 Å². The number of tetrazole rings is 1. The molecular formula is C36H37ClN10O6. The van der Waals surface area contributed by atoms with Gasteiger partial charge < -0.3 is 30.9 Å². The standard InChI is InChI=1S/C36H37ClN10O6/c1-36(2,3)53-34(51)24-6-11-26(12-7-24)40-31(48)29(18-22-4-9-27(10-5-22)41-35(52)46-16-14-23(20-38)15-17-46)43-33(50)32(49)42-28-19-25(37)8-13-30(28)47-21-39-44-45-47/h4-13,19,21,23,29H,14-18H2,1-3H3,(H,40,48)(H,41,52)(H,42,49)(H,43,50)/t29-/m0/s1. The molecule has 0 bridgehead atoms. The highest BCUT2D eigenvalue weighted by Gasteiger charge is 2.27. The van der Waals surface area contributed by atoms with Gasteiger partial charge in [0, 0.05) is 41.8 Å². The number of nitrogens with zero attached hydrogens (tertiary/aromatic N) is 6. The lowest BCUT2D eigenvalue weighted by atomic mass is 9.99. The second-order valence-electron chi connectivity index (χ2n) is 13.2. The van der Waals surface area contributed by atoms with Crippen LogP contribution >= 0.6 is 11.6 Å². The number of nitriles is 1. The van der Waals surface area contributed by atoms with Gasteiger partial charge in [-0.1, -0.05) is 23.7 Å². The molecule has 274 valence electrons. The predicted octanol–water partition coefficient (Wildman–Crippen LogP) is 4.34. The molecule has 16 nitrogen and oxygen atoms in total. The zero-order valence-electron chi connectivity index (χ0n) is 29.1. The minimum absolute atomic E-state index is 0.0379. The molecule has 17 heteroatoms. The van der Waals surface area contributed by atoms with E-state index in [4.69, 9.17) is 21.6 Å². The van der Waals surface area contributed by atoms with Crippen LogP contribution in [0.15, 0.2) is 73.1 Å². The first-order valence-electron chi connectivity index (χ1n) is 16.6. The van der Waals surface area contributed by atoms with Crippen molar-refractivity contribution in [2.24, 2.45) is 5.92 Å². The second-order valence-corrected chi connectivity index (χ2v) is 13.6. The second kappa shape index (κ2) is 16.8. The molecule has 0 unspecified atom stereocenters. The minimum Gasteiger partial charge on any atom is -0.456 e. The molecule has 1 fully saturated rings. The van der Waals surface area contributed by atoms with E-state index in [-0.39, 0.29) is 34.6 Å². The lowest BCUT2D eigenvalue weighted by Gasteiger charge is -2.29. The third kappa shape index (κ3) is 10.6. The summed E-state index contributed by atoms with van der Waals surface area (Å²) >= 11 is 6.15. The Morgan fingerprint density at radius 1 is 0.925 bits per heavy atom. The molecule has 53 heavy (non-hydrogen) atoms. The van der Waals surface area contributed by atoms with Crippen molar-refractivity contribution in [2.75, 3.05) is 29.0 Å². The fourth-order valence-corrected chi connectivity index (χ4v) is 5.49. The van der Waals surface area contributed by atoms with Crippen LogP contribution in [0.25, 0.3) is 5.69 Å². The number of hydrogen-bond acceptors (Lipinski definition) is 10. The number of hydrogen-bond donors (Lipinski definition) is 4. The van der Waals surface area contributed by atoms with Crippen molar-refractivity contribution in [1.29, 1.82) is 5.26 Å². The quantitative estimate of drug-likeness (QED) is 0.141. The number of carbonyl (C=O) groups excluding carboxylic acids is 5. The molecule has 0 aliphatic carbocycles. The number of nitrogens with one attached hydrogen (secondary N) is 4. The zero-order valence-corrected chi connectivity index (χ0v) is 29.9. The number of amides is 5. The van der Waals surface area contributed by atoms with Gasteiger partial charge in [0.1, 0.15) is 18.0 Å². The zero-order chi connectivity index (χ0) is 38.1. The summed E-state index contributed by atoms with van der Waals surface area (Å²) in [5.74, 6) is -3.43. The molecular weight excluding hydrogens is 704 g/mol. The summed E-state index contributed by atoms with van der Waals surface area (Å²) in [5.41, 5.74) is 1.51. The topological polar surface area (TPSA) is 213 Å². The summed E-state index contributed by atoms with van der Waals surface area (Å²) < 4.78 is 6.67. The Morgan fingerprint density at radius 3 is 2.21 bits per heavy atom. The summed E-state index contributed by atoms with van der Waals surface area (Å²) in [4.78, 5) is 67.0. The number of ether oxygens (including phenoxy) is 1. The molecule has 2 heterocycles. The summed E-state index contributed by atoms with van der Waals surface area (Å²) in [6.07, 6.45) is 2.49. The monoisotopic (exact) mass is 740 g/mol. The molecule has 3 aromatic carbocycles. The van der Waals surface area contributed by atoms with Gasteiger partial charge in [-0.25, -0.2) is 9.59 Å². The van der Waals surface area contributed by atoms with Gasteiger partial charge in [0.05, 0.1) is 23.0 Å². The van der Waals surface area contributed by atoms with Crippen LogP contribution < -0.4 is 21.3 Å². The number of likely N-dealkylation sites (tertiary alicyclic amines) is 1. The molecule has 1 aromatic heterocycles. The molecule has 0 radical (unpaired) electrons. The van der Waals surface area contributed by atoms with E-state index >= 15 is 0 Å². The van der Waals surface area contributed by atoms with E-state index in [1.165, 1.54) is 41.3 Å². The Balaban J connectivity index is 1.30. The summed E-state index contributed by atoms with van der Waals surface area (Å²) in [7, 11) is 0. The maximum atomic E-state index is 13.7. The van der Waals surface area contributed by atoms with Gasteiger partial charge in [-0.05, 0) is 104 Å². The first kappa shape index (κ1) is 37.9. The van der Waals surface area contributed by atoms with Crippen LogP contribution in [0.2, 0.25) is 5.02 Å². The first-order valence-corrected chi connectivity index (χ1v) is 17.0. The number of aromatic nitrogens is 4. The normalized spacial score (nSPS) is 13.6. The number of urea groups is 1. The largest absolute Gasteiger partial charge is 0.456 e. The molecule has 0 spiro atoms. The van der Waals surface area contributed by atoms with Crippen molar-refractivity contribution in [3.8, 4) is 11.8 Å². The Kier molecular flexibility index (Phi) is 12.0. The maximum absolute atomic E-state index is 13.7. The fourth-order valence-electron chi connectivity index (χ4n) is 5.32. The van der Waals surface area contributed by atoms with Gasteiger partial charge in [0.15, 0.2) is 0 Å². The van der Waals surface area contributed by atoms with E-state index in [2.05, 4.69) is 42.9 Å². The highest BCUT2D eigenvalue weighted by molar-refractivity contribution is 6.40. The number of rotatable bonds is 9. The van der Waals surface area contributed by atoms with Gasteiger partial charge in [-0.3, -0.25) is 14.4 Å². The Bertz CT molecular complexity index is 2000. The van der Waals surface area contributed by atoms with Crippen LogP contribution in [0, 0.1) is 17.2 Å². The first-order chi connectivity index (χ1) is 25.3. The maximum Gasteiger partial charge on any atom is 0.338 e. The average Bonchev–Trinajstić information content (AvgIpc) is 3.66. The van der Waals surface area contributed by atoms with E-state index in [0.29, 0.717) is 48.6 Å². The third-order valence-electron chi connectivity index (χ3n) is 8.03. The van der Waals surface area contributed by atoms with Crippen molar-refractivity contribution < 1.29 is 28.7 Å². The number of piperidine rings is 1. The SMILES string of the molecule is CC(C)(C)OC(=O)c1ccc(NC(=O)[C@H](Cc2ccc(NC(=O)N3CCC(C#N)CC3)cc2)NC(=O)C(=O)Nc2cc(Cl)ccc2-n2cnnn2)cc1. The van der Waals surface area contributed by atoms with Gasteiger partial charge in [-0.2, -0.15) is 9.94 Å². The van der Waals surface area contributed by atoms with E-state index in [9.17, 15) is 24.0 Å². The van der Waals surface area contributed by atoms with Crippen LogP contribution in [-0.4, -0.2) is 79.6 Å². The lowest BCUT2D eigenvalue weighted by Crippen LogP contribution is -2.49. The summed E-state index contributed by atoms with van der Waals surface area (Å²) in [6, 6.07) is 18.0. The van der Waals surface area contributed by atoms with Crippen molar-refractivity contribution >= 4 is 58.4 Å². The smallest absolute Gasteiger partial charge is 0.338 e. The number of esters is 1. The molecule has 5 amide bonds. The van der Waals surface area contributed by atoms with Crippen LogP contribution in [0.1, 0.15) is 49.5 Å². The Morgan fingerprint density at radius 2 is 1.58 bits per heavy atom. The molecule has 4 aromatic rings. The van der Waals surface area contributed by atoms with Gasteiger partial charge in [-0.15, -0.1) is 5.10 Å². The molecule has 0 saturated carbocycles. The predicted molar refractivity (Wildman–Crippen MR) is 194 cm³/mol. The number of halogens is 1. The van der Waals surface area contributed by atoms with Crippen molar-refractivity contribution in [1.82, 2.24) is 30.4 Å². The highest BCUT2D eigenvalue weighted by Crippen LogP contribution is 2.24. The van der Waals surface area contributed by atoms with E-state index < -0.39 is 35.3 Å². The summed E-state index contributed by atoms with van der Waals surface area (Å²) in [5, 5.41) is 31.0. The number of benzene rings is 3. The van der Waals surface area contributed by atoms with Crippen LogP contribution in [0.4, 0.5) is 21.9 Å². The molecule has 1 aliphatic heterocycles. The molecule has 4 N–H and O–H groups in total. The third-order valence-corrected chi connectivity index (χ3v) is 8.26. The van der Waals surface area contributed by atoms with Crippen molar-refractivity contribution in [3.63, 3.8) is 0 Å². The Labute approximate surface area is 309 Å². The minimum atomic E-state index is -1.25. The molecule has 1 saturated heterocycles. The molecule has 1 aliphatic rings. The molecule has 5 rings (SSSR count). The van der Waals surface area contributed by atoms with Crippen molar-refractivity contribution in [3.05, 3.63) is 89.2 Å². The molecule has 1 atom stereocenters. The highest BCUT2D eigenvalue weighted by atomic mass is 35.5. The van der Waals surface area contributed by atoms with Gasteiger partial charge in [0.2, 0.25) is 5.91 Å². The number of carbonyl (C=O) groups is 5. The van der Waals surface area contributed by atoms with Crippen LogP contribution in [-0.2, 0) is 25.5 Å². The van der Waals surface area contributed by atoms with Crippen molar-refractivity contribution in [2.45, 2.75) is 51.7 Å². The van der Waals surface area contributed by atoms with E-state index in [1.54, 1.807) is 62.1 Å². The van der Waals surface area contributed by atoms with Gasteiger partial charge >= 0.3 is 23.8 Å². The Hall–Kier alpha value is -6.34. The lowest BCUT2D eigenvalue weighted by molar-refractivity contribution is -0.137. The fraction of sp³-hybridized carbons (Fsp3) is 0.306. The van der Waals surface area contributed by atoms with Crippen LogP contribution in [0.3, 0.4) is 0 Å². The van der Waals surface area contributed by atoms with E-state index in [0.717, 1.165) is 0 Å². The van der Waals surface area contributed by atoms with Crippen LogP contribution in [0.5, 0.6) is 0 Å². The van der Waals surface area contributed by atoms with Gasteiger partial charge in [0.25, 0.3) is 0 Å².